The van der Waals surface area contributed by atoms with Gasteiger partial charge in [-0.2, -0.15) is 10.1 Å². The summed E-state index contributed by atoms with van der Waals surface area (Å²) in [5.74, 6) is 0. The van der Waals surface area contributed by atoms with Crippen LogP contribution in [-0.2, 0) is 22.3 Å². The molecule has 0 heterocycles. The Morgan fingerprint density at radius 3 is 1.25 bits per heavy atom. The Hall–Kier alpha value is 2.49. The minimum absolute atomic E-state index is 0. The second-order valence-corrected chi connectivity index (χ2v) is 10.4. The van der Waals surface area contributed by atoms with Crippen molar-refractivity contribution in [2.24, 2.45) is 0 Å². The van der Waals surface area contributed by atoms with Crippen LogP contribution in [0.4, 0.5) is 0 Å². The van der Waals surface area contributed by atoms with E-state index >= 15 is 0 Å². The molecule has 2 rings (SSSR count). The van der Waals surface area contributed by atoms with Crippen LogP contribution in [0.2, 0.25) is 0 Å². The number of benzene rings is 2. The van der Waals surface area contributed by atoms with Gasteiger partial charge in [-0.05, 0) is 24.3 Å². The molecule has 0 fully saturated rings. The van der Waals surface area contributed by atoms with Crippen molar-refractivity contribution in [3.05, 3.63) is 60.7 Å². The molecule has 0 N–H and O–H groups in total. The molecule has 0 saturated heterocycles. The minimum atomic E-state index is -3.86. The second kappa shape index (κ2) is 11.9. The van der Waals surface area contributed by atoms with Crippen molar-refractivity contribution in [3.63, 3.8) is 0 Å². The summed E-state index contributed by atoms with van der Waals surface area (Å²) in [6, 6.07) is 18.2. The van der Waals surface area contributed by atoms with Gasteiger partial charge in [0.15, 0.2) is 0 Å². The van der Waals surface area contributed by atoms with Crippen LogP contribution < -0.4 is 98.5 Å². The summed E-state index contributed by atoms with van der Waals surface area (Å²) in [5, 5.41) is 0. The molecular weight excluding hydrogens is 340 g/mol. The molecule has 0 aromatic heterocycles. The van der Waals surface area contributed by atoms with Crippen LogP contribution in [0, 0.1) is 0 Å². The van der Waals surface area contributed by atoms with E-state index in [1.54, 1.807) is 24.3 Å². The van der Waals surface area contributed by atoms with E-state index in [0.717, 1.165) is 9.79 Å². The first kappa shape index (κ1) is 24.7. The molecule has 20 heavy (non-hydrogen) atoms. The quantitative estimate of drug-likeness (QED) is 0.307. The van der Waals surface area contributed by atoms with Crippen molar-refractivity contribution in [1.29, 1.82) is 0 Å². The fourth-order valence-electron chi connectivity index (χ4n) is 1.49. The Morgan fingerprint density at radius 2 is 1.00 bits per heavy atom. The van der Waals surface area contributed by atoms with Gasteiger partial charge in [-0.1, -0.05) is 36.4 Å². The van der Waals surface area contributed by atoms with Gasteiger partial charge in [-0.3, -0.25) is 0 Å². The van der Waals surface area contributed by atoms with Crippen LogP contribution in [0.5, 0.6) is 0 Å². The van der Waals surface area contributed by atoms with Crippen molar-refractivity contribution in [1.82, 2.24) is 0 Å². The molecule has 90 valence electrons. The zero-order valence-electron chi connectivity index (χ0n) is 11.9. The van der Waals surface area contributed by atoms with Crippen molar-refractivity contribution in [3.8, 4) is 0 Å². The number of hydrogen-bond donors (Lipinski definition) is 0. The van der Waals surface area contributed by atoms with E-state index in [9.17, 15) is 9.79 Å². The summed E-state index contributed by atoms with van der Waals surface area (Å²) < 4.78 is 0. The van der Waals surface area contributed by atoms with E-state index in [-0.39, 0.29) is 88.7 Å². The van der Waals surface area contributed by atoms with E-state index in [4.69, 9.17) is 0 Å². The van der Waals surface area contributed by atoms with Crippen molar-refractivity contribution in [2.45, 2.75) is 9.79 Å². The molecule has 8 heteroatoms. The zero-order valence-corrected chi connectivity index (χ0v) is 20.4. The third kappa shape index (κ3) is 7.37. The summed E-state index contributed by atoms with van der Waals surface area (Å²) in [4.78, 5) is 25.1. The Morgan fingerprint density at radius 1 is 0.700 bits per heavy atom. The number of hydrogen-bond acceptors (Lipinski definition) is 3. The van der Waals surface area contributed by atoms with Crippen LogP contribution >= 0.6 is 5.69 Å². The second-order valence-electron chi connectivity index (χ2n) is 3.36. The molecule has 2 aromatic carbocycles. The largest absolute Gasteiger partial charge is 1.00 e. The molecule has 0 atom stereocenters. The van der Waals surface area contributed by atoms with E-state index in [1.807, 2.05) is 36.4 Å². The van der Waals surface area contributed by atoms with Crippen molar-refractivity contribution in [2.75, 3.05) is 0 Å². The molecule has 0 saturated carbocycles. The average molecular weight is 350 g/mol. The first-order chi connectivity index (χ1) is 8.09. The summed E-state index contributed by atoms with van der Waals surface area (Å²) >= 11 is 4.68. The molecular formula is C12H10Na3O2PS2. The molecule has 2 aromatic rings. The van der Waals surface area contributed by atoms with Gasteiger partial charge in [0, 0.05) is 9.79 Å². The maximum atomic E-state index is 11.8. The van der Waals surface area contributed by atoms with Crippen molar-refractivity contribution < 1.29 is 98.5 Å². The van der Waals surface area contributed by atoms with Crippen molar-refractivity contribution >= 4 is 28.0 Å². The molecule has 0 aliphatic carbocycles. The molecule has 0 radical (unpaired) electrons. The molecule has 0 bridgehead atoms. The van der Waals surface area contributed by atoms with Gasteiger partial charge in [0.2, 0.25) is 0 Å². The maximum Gasteiger partial charge on any atom is 1.00 e. The summed E-state index contributed by atoms with van der Waals surface area (Å²) in [6.45, 7) is 0. The predicted molar refractivity (Wildman–Crippen MR) is 71.1 cm³/mol. The summed E-state index contributed by atoms with van der Waals surface area (Å²) in [7, 11) is -1.05. The van der Waals surface area contributed by atoms with E-state index in [2.05, 4.69) is 12.2 Å². The summed E-state index contributed by atoms with van der Waals surface area (Å²) in [5.41, 5.74) is -3.86. The molecule has 0 aliphatic rings. The van der Waals surface area contributed by atoms with E-state index in [0.29, 0.717) is 0 Å². The topological polar surface area (TPSA) is 46.1 Å². The van der Waals surface area contributed by atoms with Gasteiger partial charge in [-0.25, -0.2) is 0 Å². The van der Waals surface area contributed by atoms with Crippen LogP contribution in [0.15, 0.2) is 70.5 Å². The third-order valence-electron chi connectivity index (χ3n) is 2.16. The van der Waals surface area contributed by atoms with Gasteiger partial charge < -0.3 is 27.7 Å². The minimum Gasteiger partial charge on any atom is -0.853 e. The van der Waals surface area contributed by atoms with Gasteiger partial charge in [0.1, 0.15) is 0 Å². The third-order valence-corrected chi connectivity index (χ3v) is 7.99. The fraction of sp³-hybridized carbons (Fsp3) is 0. The maximum absolute atomic E-state index is 11.8. The van der Waals surface area contributed by atoms with Crippen LogP contribution in [0.25, 0.3) is 0 Å². The monoisotopic (exact) mass is 350 g/mol. The fourth-order valence-corrected chi connectivity index (χ4v) is 6.94. The normalized spacial score (nSPS) is 10.0. The van der Waals surface area contributed by atoms with Gasteiger partial charge in [-0.15, -0.1) is 0 Å². The van der Waals surface area contributed by atoms with Crippen LogP contribution in [0.3, 0.4) is 0 Å². The van der Waals surface area contributed by atoms with Crippen LogP contribution in [-0.4, -0.2) is 0 Å². The molecule has 0 amide bonds. The standard InChI is InChI=1S/C12H10O2PS2.3Na/c13-15(14,16)17(11-7-3-1-4-8-11)12-9-5-2-6-10-12;;;/h1-10H;;;/q-3;3*+1. The Balaban J connectivity index is 0. The van der Waals surface area contributed by atoms with E-state index in [1.165, 1.54) is 0 Å². The molecule has 0 unspecified atom stereocenters. The smallest absolute Gasteiger partial charge is 0.853 e. The summed E-state index contributed by atoms with van der Waals surface area (Å²) in [6.07, 6.45) is 0. The van der Waals surface area contributed by atoms with E-state index < -0.39 is 15.8 Å². The van der Waals surface area contributed by atoms with Gasteiger partial charge in [0.25, 0.3) is 0 Å². The predicted octanol–water partition coefficient (Wildman–Crippen LogP) is -7.32. The average Bonchev–Trinajstić information content (AvgIpc) is 2.30. The Bertz CT molecular complexity index is 512. The number of rotatable bonds is 2. The first-order valence-corrected chi connectivity index (χ1v) is 9.43. The molecule has 0 aliphatic heterocycles. The SMILES string of the molecule is [Na+].[Na+].[Na+].[O-]P([O-])([S-])=S(c1ccccc1)c1ccccc1. The Kier molecular flexibility index (Phi) is 14.8. The van der Waals surface area contributed by atoms with Crippen LogP contribution in [0.1, 0.15) is 0 Å². The Labute approximate surface area is 193 Å². The first-order valence-electron chi connectivity index (χ1n) is 4.96. The molecule has 0 spiro atoms. The van der Waals surface area contributed by atoms with Gasteiger partial charge >= 0.3 is 88.7 Å². The molecule has 2 nitrogen and oxygen atoms in total. The zero-order chi connectivity index (χ0) is 12.3. The van der Waals surface area contributed by atoms with Gasteiger partial charge in [0.05, 0.1) is 0 Å².